The minimum absolute atomic E-state index is 0.0737. The highest BCUT2D eigenvalue weighted by molar-refractivity contribution is 5.96. The Balaban J connectivity index is 2.37. The van der Waals surface area contributed by atoms with Gasteiger partial charge in [-0.2, -0.15) is 0 Å². The summed E-state index contributed by atoms with van der Waals surface area (Å²) in [6, 6.07) is 0. The molecule has 0 aliphatic carbocycles. The molecule has 0 aromatic carbocycles. The molecule has 0 aliphatic heterocycles. The van der Waals surface area contributed by atoms with Crippen LogP contribution in [0.4, 0.5) is 0 Å². The average Bonchev–Trinajstić information content (AvgIpc) is 2.58. The highest BCUT2D eigenvalue weighted by Crippen LogP contribution is 2.20. The molecule has 1 amide bonds. The van der Waals surface area contributed by atoms with E-state index in [0.29, 0.717) is 24.5 Å². The summed E-state index contributed by atoms with van der Waals surface area (Å²) in [4.78, 5) is 12.0. The molecule has 2 N–H and O–H groups in total. The zero-order chi connectivity index (χ0) is 13.5. The molecule has 1 heterocycles. The smallest absolute Gasteiger partial charge is 0.255 e. The normalized spacial score (nSPS) is 10.7. The molecule has 1 aromatic rings. The van der Waals surface area contributed by atoms with Gasteiger partial charge in [-0.3, -0.25) is 4.79 Å². The highest BCUT2D eigenvalue weighted by atomic mass is 16.5. The Morgan fingerprint density at radius 3 is 2.44 bits per heavy atom. The molecular weight excluding hydrogens is 232 g/mol. The lowest BCUT2D eigenvalue weighted by Gasteiger charge is -2.06. The average molecular weight is 254 g/mol. The fourth-order valence-electron chi connectivity index (χ4n) is 1.78. The van der Waals surface area contributed by atoms with Gasteiger partial charge in [0.2, 0.25) is 0 Å². The molecule has 0 radical (unpaired) electrons. The predicted molar refractivity (Wildman–Crippen MR) is 70.0 cm³/mol. The van der Waals surface area contributed by atoms with Gasteiger partial charge in [0.1, 0.15) is 11.5 Å². The number of rotatable bonds is 7. The van der Waals surface area contributed by atoms with Crippen molar-refractivity contribution in [2.75, 3.05) is 33.4 Å². The minimum atomic E-state index is -0.0737. The summed E-state index contributed by atoms with van der Waals surface area (Å²) in [5.41, 5.74) is 1.57. The molecule has 0 bridgehead atoms. The Kier molecular flexibility index (Phi) is 5.88. The number of hydrogen-bond acceptors (Lipinski definition) is 4. The van der Waals surface area contributed by atoms with Gasteiger partial charge >= 0.3 is 0 Å². The standard InChI is InChI=1S/C13H22N2O3/c1-9-10(2)18-11(3)12(9)13(16)15-6-5-14-7-8-17-4/h14H,5-8H2,1-4H3,(H,15,16). The van der Waals surface area contributed by atoms with Gasteiger partial charge < -0.3 is 19.8 Å². The summed E-state index contributed by atoms with van der Waals surface area (Å²) < 4.78 is 10.3. The van der Waals surface area contributed by atoms with Crippen LogP contribution in [0, 0.1) is 20.8 Å². The van der Waals surface area contributed by atoms with Gasteiger partial charge in [0.05, 0.1) is 12.2 Å². The Hall–Kier alpha value is -1.33. The van der Waals surface area contributed by atoms with Crippen molar-refractivity contribution in [1.29, 1.82) is 0 Å². The van der Waals surface area contributed by atoms with Crippen LogP contribution in [0.3, 0.4) is 0 Å². The van der Waals surface area contributed by atoms with Crippen molar-refractivity contribution in [3.05, 3.63) is 22.6 Å². The van der Waals surface area contributed by atoms with Gasteiger partial charge in [-0.05, 0) is 20.8 Å². The van der Waals surface area contributed by atoms with E-state index < -0.39 is 0 Å². The maximum Gasteiger partial charge on any atom is 0.255 e. The molecule has 0 spiro atoms. The number of carbonyl (C=O) groups excluding carboxylic acids is 1. The van der Waals surface area contributed by atoms with E-state index in [-0.39, 0.29) is 5.91 Å². The maximum atomic E-state index is 12.0. The number of amides is 1. The molecule has 0 fully saturated rings. The molecule has 1 aromatic heterocycles. The number of hydrogen-bond donors (Lipinski definition) is 2. The second kappa shape index (κ2) is 7.18. The van der Waals surface area contributed by atoms with E-state index in [1.807, 2.05) is 20.8 Å². The zero-order valence-electron chi connectivity index (χ0n) is 11.6. The fraction of sp³-hybridized carbons (Fsp3) is 0.615. The first-order valence-corrected chi connectivity index (χ1v) is 6.12. The Labute approximate surface area is 108 Å². The number of aryl methyl sites for hydroxylation is 2. The molecule has 0 atom stereocenters. The second-order valence-electron chi connectivity index (χ2n) is 4.21. The molecule has 0 saturated heterocycles. The molecule has 0 unspecified atom stereocenters. The zero-order valence-corrected chi connectivity index (χ0v) is 11.6. The van der Waals surface area contributed by atoms with Gasteiger partial charge in [0.15, 0.2) is 0 Å². The molecule has 0 aliphatic rings. The van der Waals surface area contributed by atoms with Crippen LogP contribution in [0.25, 0.3) is 0 Å². The molecule has 1 rings (SSSR count). The first-order valence-electron chi connectivity index (χ1n) is 6.12. The van der Waals surface area contributed by atoms with Crippen molar-refractivity contribution in [2.24, 2.45) is 0 Å². The van der Waals surface area contributed by atoms with Gasteiger partial charge in [0.25, 0.3) is 5.91 Å². The molecule has 18 heavy (non-hydrogen) atoms. The summed E-state index contributed by atoms with van der Waals surface area (Å²) >= 11 is 0. The highest BCUT2D eigenvalue weighted by Gasteiger charge is 2.17. The summed E-state index contributed by atoms with van der Waals surface area (Å²) in [6.45, 7) is 8.35. The molecule has 102 valence electrons. The van der Waals surface area contributed by atoms with E-state index in [2.05, 4.69) is 10.6 Å². The molecule has 5 heteroatoms. The summed E-state index contributed by atoms with van der Waals surface area (Å²) in [5, 5.41) is 6.03. The van der Waals surface area contributed by atoms with Crippen molar-refractivity contribution >= 4 is 5.91 Å². The first kappa shape index (κ1) is 14.7. The van der Waals surface area contributed by atoms with Crippen LogP contribution in [-0.4, -0.2) is 39.3 Å². The number of methoxy groups -OCH3 is 1. The van der Waals surface area contributed by atoms with Gasteiger partial charge in [0, 0.05) is 32.3 Å². The molecule has 0 saturated carbocycles. The van der Waals surface area contributed by atoms with Crippen LogP contribution >= 0.6 is 0 Å². The molecule has 5 nitrogen and oxygen atoms in total. The van der Waals surface area contributed by atoms with E-state index in [0.717, 1.165) is 24.4 Å². The van der Waals surface area contributed by atoms with Crippen LogP contribution in [0.2, 0.25) is 0 Å². The van der Waals surface area contributed by atoms with Crippen LogP contribution in [-0.2, 0) is 4.74 Å². The van der Waals surface area contributed by atoms with Gasteiger partial charge in [-0.1, -0.05) is 0 Å². The monoisotopic (exact) mass is 254 g/mol. The van der Waals surface area contributed by atoms with E-state index in [9.17, 15) is 4.79 Å². The Morgan fingerprint density at radius 1 is 1.17 bits per heavy atom. The fourth-order valence-corrected chi connectivity index (χ4v) is 1.78. The Bertz CT molecular complexity index is 399. The van der Waals surface area contributed by atoms with E-state index in [1.165, 1.54) is 0 Å². The van der Waals surface area contributed by atoms with Gasteiger partial charge in [-0.15, -0.1) is 0 Å². The lowest BCUT2D eigenvalue weighted by atomic mass is 10.1. The van der Waals surface area contributed by atoms with Crippen LogP contribution in [0.15, 0.2) is 4.42 Å². The van der Waals surface area contributed by atoms with Crippen LogP contribution < -0.4 is 10.6 Å². The van der Waals surface area contributed by atoms with E-state index in [1.54, 1.807) is 7.11 Å². The predicted octanol–water partition coefficient (Wildman–Crippen LogP) is 1.17. The van der Waals surface area contributed by atoms with Crippen molar-refractivity contribution in [1.82, 2.24) is 10.6 Å². The van der Waals surface area contributed by atoms with Crippen molar-refractivity contribution in [3.63, 3.8) is 0 Å². The third kappa shape index (κ3) is 3.85. The quantitative estimate of drug-likeness (QED) is 0.717. The van der Waals surface area contributed by atoms with E-state index in [4.69, 9.17) is 9.15 Å². The van der Waals surface area contributed by atoms with Crippen LogP contribution in [0.1, 0.15) is 27.4 Å². The molecular formula is C13H22N2O3. The maximum absolute atomic E-state index is 12.0. The lowest BCUT2D eigenvalue weighted by molar-refractivity contribution is 0.0951. The van der Waals surface area contributed by atoms with Crippen molar-refractivity contribution in [2.45, 2.75) is 20.8 Å². The summed E-state index contributed by atoms with van der Waals surface area (Å²) in [6.07, 6.45) is 0. The SMILES string of the molecule is COCCNCCNC(=O)c1c(C)oc(C)c1C. The first-order chi connectivity index (χ1) is 8.57. The number of ether oxygens (including phenoxy) is 1. The number of carbonyl (C=O) groups is 1. The largest absolute Gasteiger partial charge is 0.466 e. The third-order valence-electron chi connectivity index (χ3n) is 2.86. The number of furan rings is 1. The van der Waals surface area contributed by atoms with Crippen LogP contribution in [0.5, 0.6) is 0 Å². The third-order valence-corrected chi connectivity index (χ3v) is 2.86. The van der Waals surface area contributed by atoms with E-state index >= 15 is 0 Å². The number of nitrogens with one attached hydrogen (secondary N) is 2. The second-order valence-corrected chi connectivity index (χ2v) is 4.21. The topological polar surface area (TPSA) is 63.5 Å². The summed E-state index contributed by atoms with van der Waals surface area (Å²) in [5.74, 6) is 1.40. The Morgan fingerprint density at radius 2 is 1.89 bits per heavy atom. The van der Waals surface area contributed by atoms with Crippen molar-refractivity contribution < 1.29 is 13.9 Å². The van der Waals surface area contributed by atoms with Gasteiger partial charge in [-0.25, -0.2) is 0 Å². The lowest BCUT2D eigenvalue weighted by Crippen LogP contribution is -2.33. The summed E-state index contributed by atoms with van der Waals surface area (Å²) in [7, 11) is 1.66. The minimum Gasteiger partial charge on any atom is -0.466 e. The van der Waals surface area contributed by atoms with Crippen molar-refractivity contribution in [3.8, 4) is 0 Å².